The zero-order valence-electron chi connectivity index (χ0n) is 14.8. The van der Waals surface area contributed by atoms with Crippen LogP contribution in [0.1, 0.15) is 0 Å². The number of nitrogens with zero attached hydrogens (tertiary/aromatic N) is 3. The number of alkyl halides is 2. The van der Waals surface area contributed by atoms with Crippen molar-refractivity contribution in [2.45, 2.75) is 24.4 Å². The fourth-order valence-electron chi connectivity index (χ4n) is 3.09. The van der Waals surface area contributed by atoms with Gasteiger partial charge in [0.1, 0.15) is 36.1 Å². The summed E-state index contributed by atoms with van der Waals surface area (Å²) in [6.07, 6.45) is 2.52. The van der Waals surface area contributed by atoms with Gasteiger partial charge in [-0.05, 0) is 6.07 Å². The van der Waals surface area contributed by atoms with E-state index in [4.69, 9.17) is 15.6 Å². The first-order chi connectivity index (χ1) is 13.7. The van der Waals surface area contributed by atoms with E-state index in [0.717, 1.165) is 11.2 Å². The highest BCUT2D eigenvalue weighted by atomic mass is 32.2. The summed E-state index contributed by atoms with van der Waals surface area (Å²) in [5.41, 5.74) is 7.53. The van der Waals surface area contributed by atoms with Gasteiger partial charge in [-0.3, -0.25) is 9.69 Å². The smallest absolute Gasteiger partial charge is 0.371 e. The van der Waals surface area contributed by atoms with Gasteiger partial charge in [-0.1, -0.05) is 6.07 Å². The van der Waals surface area contributed by atoms with Crippen LogP contribution in [0.5, 0.6) is 0 Å². The average Bonchev–Trinajstić information content (AvgIpc) is 3.10. The van der Waals surface area contributed by atoms with Gasteiger partial charge in [0.25, 0.3) is 5.65 Å². The molecule has 1 saturated heterocycles. The second-order valence-electron chi connectivity index (χ2n) is 6.22. The molecule has 29 heavy (non-hydrogen) atoms. The molecule has 2 atom stereocenters. The molecule has 0 unspecified atom stereocenters. The lowest BCUT2D eigenvalue weighted by Gasteiger charge is -2.47. The third-order valence-electron chi connectivity index (χ3n) is 4.41. The highest BCUT2D eigenvalue weighted by molar-refractivity contribution is 8.00. The lowest BCUT2D eigenvalue weighted by molar-refractivity contribution is -0.662. The minimum Gasteiger partial charge on any atom is -0.477 e. The second-order valence-corrected chi connectivity index (χ2v) is 7.33. The van der Waals surface area contributed by atoms with Crippen molar-refractivity contribution in [3.8, 4) is 0 Å². The summed E-state index contributed by atoms with van der Waals surface area (Å²) in [5, 5.41) is 16.5. The molecule has 12 heteroatoms. The van der Waals surface area contributed by atoms with E-state index >= 15 is 0 Å². The molecule has 154 valence electrons. The molecule has 2 aromatic rings. The molecule has 2 aliphatic heterocycles. The number of hydrogen-bond donors (Lipinski definition) is 3. The molecule has 0 saturated carbocycles. The highest BCUT2D eigenvalue weighted by Crippen LogP contribution is 2.39. The number of carboxylic acids is 2. The minimum atomic E-state index is -3.23. The number of carbonyl (C=O) groups is 3. The van der Waals surface area contributed by atoms with Crippen LogP contribution in [0.2, 0.25) is 0 Å². The molecule has 4 rings (SSSR count). The van der Waals surface area contributed by atoms with Crippen LogP contribution in [0.25, 0.3) is 5.65 Å². The number of rotatable bonds is 4. The number of imidazole rings is 1. The van der Waals surface area contributed by atoms with Crippen molar-refractivity contribution in [2.24, 2.45) is 5.73 Å². The number of carbonyl (C=O) groups excluding carboxylic acids is 1. The molecule has 2 aliphatic rings. The van der Waals surface area contributed by atoms with E-state index in [0.29, 0.717) is 12.3 Å². The third-order valence-corrected chi connectivity index (χ3v) is 5.77. The maximum absolute atomic E-state index is 12.0. The van der Waals surface area contributed by atoms with Crippen LogP contribution in [0.4, 0.5) is 8.78 Å². The zero-order chi connectivity index (χ0) is 21.3. The van der Waals surface area contributed by atoms with Gasteiger partial charge in [-0.15, -0.1) is 11.8 Å². The van der Waals surface area contributed by atoms with Gasteiger partial charge in [0.2, 0.25) is 5.91 Å². The molecule has 0 radical (unpaired) electrons. The van der Waals surface area contributed by atoms with Crippen molar-refractivity contribution >= 4 is 35.3 Å². The van der Waals surface area contributed by atoms with E-state index in [1.54, 1.807) is 0 Å². The largest absolute Gasteiger partial charge is 0.477 e. The molecule has 4 N–H and O–H groups in total. The molecule has 0 aromatic carbocycles. The van der Waals surface area contributed by atoms with Crippen molar-refractivity contribution in [1.29, 1.82) is 0 Å². The Labute approximate surface area is 167 Å². The maximum atomic E-state index is 12.0. The fraction of sp³-hybridized carbons (Fsp3) is 0.294. The van der Waals surface area contributed by atoms with Gasteiger partial charge in [0.05, 0.1) is 6.20 Å². The molecular formula is C17H17F2N4O5S+. The molecule has 2 aromatic heterocycles. The van der Waals surface area contributed by atoms with Crippen molar-refractivity contribution in [3.63, 3.8) is 0 Å². The predicted molar refractivity (Wildman–Crippen MR) is 97.0 cm³/mol. The summed E-state index contributed by atoms with van der Waals surface area (Å²) in [5.74, 6) is -2.91. The Bertz CT molecular complexity index is 1010. The lowest BCUT2D eigenvalue weighted by Crippen LogP contribution is -2.68. The Morgan fingerprint density at radius 1 is 1.31 bits per heavy atom. The van der Waals surface area contributed by atoms with Crippen LogP contribution in [0.15, 0.2) is 48.1 Å². The van der Waals surface area contributed by atoms with Crippen molar-refractivity contribution < 1.29 is 37.9 Å². The van der Waals surface area contributed by atoms with Crippen LogP contribution in [0.3, 0.4) is 0 Å². The topological polar surface area (TPSA) is 129 Å². The fourth-order valence-corrected chi connectivity index (χ4v) is 4.37. The zero-order valence-corrected chi connectivity index (χ0v) is 15.6. The van der Waals surface area contributed by atoms with Gasteiger partial charge in [-0.25, -0.2) is 18.6 Å². The standard InChI is InChI=1S/C15H14N4O3S.C2H2F2O2/c16-11-13(20)19-12(15(21)22)9(8-23-14(11)19)7-18-6-5-17-4-2-1-3-10(17)18;3-1(4)2(5)6/h1-6,11,14H,7-8,16H2;1H,(H,5,6)/p+1/t11-,14-;/m1./s1. The van der Waals surface area contributed by atoms with Gasteiger partial charge in [0.15, 0.2) is 0 Å². The quantitative estimate of drug-likeness (QED) is 0.468. The van der Waals surface area contributed by atoms with Gasteiger partial charge in [0, 0.05) is 17.4 Å². The number of β-lactam (4-membered cyclic amide) rings is 1. The highest BCUT2D eigenvalue weighted by Gasteiger charge is 2.51. The van der Waals surface area contributed by atoms with Crippen LogP contribution in [0, 0.1) is 0 Å². The number of carboxylic acid groups (broad SMARTS) is 2. The van der Waals surface area contributed by atoms with E-state index in [1.165, 1.54) is 16.7 Å². The molecule has 1 amide bonds. The average molecular weight is 427 g/mol. The van der Waals surface area contributed by atoms with Crippen molar-refractivity contribution in [1.82, 2.24) is 9.30 Å². The molecular weight excluding hydrogens is 410 g/mol. The van der Waals surface area contributed by atoms with Crippen LogP contribution >= 0.6 is 11.8 Å². The number of thioether (sulfide) groups is 1. The number of hydrogen-bond acceptors (Lipinski definition) is 5. The molecule has 1 fully saturated rings. The van der Waals surface area contributed by atoms with Gasteiger partial charge in [-0.2, -0.15) is 8.78 Å². The summed E-state index contributed by atoms with van der Waals surface area (Å²) in [4.78, 5) is 33.9. The normalized spacial score (nSPS) is 20.8. The number of aliphatic carboxylic acids is 2. The second kappa shape index (κ2) is 8.17. The molecule has 0 aliphatic carbocycles. The number of nitrogens with two attached hydrogens (primary N) is 1. The Balaban J connectivity index is 0.000000353. The first-order valence-electron chi connectivity index (χ1n) is 8.34. The summed E-state index contributed by atoms with van der Waals surface area (Å²) in [7, 11) is 0. The van der Waals surface area contributed by atoms with Gasteiger partial charge >= 0.3 is 18.4 Å². The van der Waals surface area contributed by atoms with E-state index < -0.39 is 24.4 Å². The number of amides is 1. The van der Waals surface area contributed by atoms with E-state index in [2.05, 4.69) is 0 Å². The van der Waals surface area contributed by atoms with E-state index in [9.17, 15) is 23.5 Å². The molecule has 9 nitrogen and oxygen atoms in total. The first kappa shape index (κ1) is 20.7. The maximum Gasteiger partial charge on any atom is 0.371 e. The number of fused-ring (bicyclic) bond motifs is 2. The Morgan fingerprint density at radius 3 is 2.62 bits per heavy atom. The molecule has 0 bridgehead atoms. The summed E-state index contributed by atoms with van der Waals surface area (Å²) in [6.45, 7) is 0.431. The minimum absolute atomic E-state index is 0.0863. The van der Waals surface area contributed by atoms with Crippen LogP contribution in [-0.2, 0) is 20.9 Å². The first-order valence-corrected chi connectivity index (χ1v) is 9.39. The monoisotopic (exact) mass is 427 g/mol. The third kappa shape index (κ3) is 3.93. The molecule has 4 heterocycles. The van der Waals surface area contributed by atoms with Crippen molar-refractivity contribution in [2.75, 3.05) is 5.75 Å². The summed E-state index contributed by atoms with van der Waals surface area (Å²) < 4.78 is 25.1. The van der Waals surface area contributed by atoms with E-state index in [1.807, 2.05) is 45.8 Å². The lowest BCUT2D eigenvalue weighted by atomic mass is 10.0. The Hall–Kier alpha value is -2.99. The number of aromatic nitrogens is 2. The molecule has 0 spiro atoms. The van der Waals surface area contributed by atoms with Crippen LogP contribution in [-0.4, -0.2) is 61.0 Å². The van der Waals surface area contributed by atoms with Crippen LogP contribution < -0.4 is 10.3 Å². The predicted octanol–water partition coefficient (Wildman–Crippen LogP) is 0.144. The van der Waals surface area contributed by atoms with Gasteiger partial charge < -0.3 is 15.9 Å². The van der Waals surface area contributed by atoms with E-state index in [-0.39, 0.29) is 17.0 Å². The Morgan fingerprint density at radius 2 is 2.00 bits per heavy atom. The Kier molecular flexibility index (Phi) is 5.84. The summed E-state index contributed by atoms with van der Waals surface area (Å²) in [6, 6.07) is 5.23. The van der Waals surface area contributed by atoms with Crippen molar-refractivity contribution in [3.05, 3.63) is 48.1 Å². The summed E-state index contributed by atoms with van der Waals surface area (Å²) >= 11 is 1.52. The number of pyridine rings is 1. The number of halogens is 2. The SMILES string of the molecule is N[C@@H]1C(=O)N2C(C(=O)O)=C(C[n+]3ccn4ccccc43)CS[C@H]12.O=C(O)C(F)F.